The van der Waals surface area contributed by atoms with Crippen molar-refractivity contribution in [2.24, 2.45) is 0 Å². The third kappa shape index (κ3) is 3.19. The molecule has 0 N–H and O–H groups in total. The molecule has 1 aromatic heterocycles. The molecule has 2 heterocycles. The molecule has 0 radical (unpaired) electrons. The molecule has 0 saturated carbocycles. The topological polar surface area (TPSA) is 44.2 Å². The summed E-state index contributed by atoms with van der Waals surface area (Å²) in [6, 6.07) is 1.66. The number of hydrogen-bond acceptors (Lipinski definition) is 4. The zero-order valence-electron chi connectivity index (χ0n) is 7.95. The minimum atomic E-state index is 0.131. The van der Waals surface area contributed by atoms with Crippen molar-refractivity contribution >= 4 is 23.2 Å². The summed E-state index contributed by atoms with van der Waals surface area (Å²) in [4.78, 5) is 7.77. The van der Waals surface area contributed by atoms with E-state index >= 15 is 0 Å². The molecule has 1 aromatic rings. The second-order valence-corrected chi connectivity index (χ2v) is 4.02. The Morgan fingerprint density at radius 3 is 2.73 bits per heavy atom. The van der Waals surface area contributed by atoms with Crippen molar-refractivity contribution in [1.29, 1.82) is 0 Å². The minimum absolute atomic E-state index is 0.131. The molecule has 6 heteroatoms. The molecule has 0 unspecified atom stereocenters. The van der Waals surface area contributed by atoms with E-state index in [0.717, 1.165) is 19.4 Å². The van der Waals surface area contributed by atoms with Gasteiger partial charge in [-0.15, -0.1) is 0 Å². The smallest absolute Gasteiger partial charge is 0.319 e. The Labute approximate surface area is 97.5 Å². The van der Waals surface area contributed by atoms with Gasteiger partial charge in [0.2, 0.25) is 0 Å². The summed E-state index contributed by atoms with van der Waals surface area (Å²) in [5.74, 6) is 0. The van der Waals surface area contributed by atoms with Gasteiger partial charge in [0, 0.05) is 12.7 Å². The fourth-order valence-corrected chi connectivity index (χ4v) is 1.79. The average Bonchev–Trinajstić information content (AvgIpc) is 2.65. The van der Waals surface area contributed by atoms with Gasteiger partial charge in [-0.2, -0.15) is 9.97 Å². The van der Waals surface area contributed by atoms with E-state index in [1.807, 2.05) is 0 Å². The second kappa shape index (κ2) is 4.96. The van der Waals surface area contributed by atoms with Crippen LogP contribution in [-0.2, 0) is 4.74 Å². The van der Waals surface area contributed by atoms with E-state index in [-0.39, 0.29) is 22.4 Å². The van der Waals surface area contributed by atoms with Crippen LogP contribution in [0.4, 0.5) is 0 Å². The lowest BCUT2D eigenvalue weighted by molar-refractivity contribution is 0.0645. The monoisotopic (exact) mass is 248 g/mol. The molecule has 0 amide bonds. The van der Waals surface area contributed by atoms with E-state index in [0.29, 0.717) is 6.61 Å². The van der Waals surface area contributed by atoms with Crippen LogP contribution in [0.1, 0.15) is 12.8 Å². The van der Waals surface area contributed by atoms with Crippen LogP contribution in [0.25, 0.3) is 0 Å². The van der Waals surface area contributed by atoms with Crippen molar-refractivity contribution in [3.05, 3.63) is 16.4 Å². The number of halogens is 2. The average molecular weight is 249 g/mol. The predicted octanol–water partition coefficient (Wildman–Crippen LogP) is 2.34. The minimum Gasteiger partial charge on any atom is -0.461 e. The summed E-state index contributed by atoms with van der Waals surface area (Å²) in [5, 5.41) is 0.551. The number of ether oxygens (including phenoxy) is 2. The fourth-order valence-electron chi connectivity index (χ4n) is 1.38. The van der Waals surface area contributed by atoms with Gasteiger partial charge in [0.1, 0.15) is 16.9 Å². The van der Waals surface area contributed by atoms with Crippen LogP contribution in [-0.4, -0.2) is 29.3 Å². The van der Waals surface area contributed by atoms with Gasteiger partial charge in [-0.25, -0.2) is 0 Å². The predicted molar refractivity (Wildman–Crippen MR) is 56.5 cm³/mol. The van der Waals surface area contributed by atoms with Gasteiger partial charge in [-0.05, 0) is 12.8 Å². The number of aromatic nitrogens is 2. The first-order valence-corrected chi connectivity index (χ1v) is 5.44. The van der Waals surface area contributed by atoms with Crippen LogP contribution in [0.3, 0.4) is 0 Å². The lowest BCUT2D eigenvalue weighted by Gasteiger charge is -2.09. The van der Waals surface area contributed by atoms with Crippen molar-refractivity contribution in [2.75, 3.05) is 13.2 Å². The van der Waals surface area contributed by atoms with Gasteiger partial charge in [0.15, 0.2) is 0 Å². The molecule has 2 rings (SSSR count). The Balaban J connectivity index is 1.92. The van der Waals surface area contributed by atoms with Crippen molar-refractivity contribution in [2.45, 2.75) is 18.9 Å². The van der Waals surface area contributed by atoms with Crippen molar-refractivity contribution in [3.8, 4) is 6.01 Å². The molecule has 0 aromatic carbocycles. The highest BCUT2D eigenvalue weighted by Crippen LogP contribution is 2.17. The molecule has 15 heavy (non-hydrogen) atoms. The largest absolute Gasteiger partial charge is 0.461 e. The highest BCUT2D eigenvalue weighted by Gasteiger charge is 2.16. The lowest BCUT2D eigenvalue weighted by atomic mass is 10.2. The van der Waals surface area contributed by atoms with Crippen molar-refractivity contribution in [1.82, 2.24) is 9.97 Å². The van der Waals surface area contributed by atoms with E-state index in [1.54, 1.807) is 0 Å². The molecule has 1 aliphatic rings. The SMILES string of the molecule is Clc1cc(Cl)nc(OC[C@@H]2CCCO2)n1. The molecular weight excluding hydrogens is 239 g/mol. The molecule has 82 valence electrons. The van der Waals surface area contributed by atoms with Gasteiger partial charge in [0.05, 0.1) is 6.10 Å². The van der Waals surface area contributed by atoms with Gasteiger partial charge in [-0.3, -0.25) is 0 Å². The van der Waals surface area contributed by atoms with E-state index < -0.39 is 0 Å². The summed E-state index contributed by atoms with van der Waals surface area (Å²) < 4.78 is 10.7. The van der Waals surface area contributed by atoms with Gasteiger partial charge in [-0.1, -0.05) is 23.2 Å². The van der Waals surface area contributed by atoms with Crippen LogP contribution in [0.15, 0.2) is 6.07 Å². The van der Waals surface area contributed by atoms with Gasteiger partial charge < -0.3 is 9.47 Å². The summed E-state index contributed by atoms with van der Waals surface area (Å²) in [6.07, 6.45) is 2.21. The summed E-state index contributed by atoms with van der Waals surface area (Å²) >= 11 is 11.4. The third-order valence-corrected chi connectivity index (χ3v) is 2.45. The maximum Gasteiger partial charge on any atom is 0.319 e. The first-order chi connectivity index (χ1) is 7.24. The van der Waals surface area contributed by atoms with E-state index in [1.165, 1.54) is 6.07 Å². The highest BCUT2D eigenvalue weighted by molar-refractivity contribution is 6.33. The third-order valence-electron chi connectivity index (χ3n) is 2.07. The molecule has 1 atom stereocenters. The van der Waals surface area contributed by atoms with E-state index in [9.17, 15) is 0 Å². The summed E-state index contributed by atoms with van der Waals surface area (Å²) in [5.41, 5.74) is 0. The van der Waals surface area contributed by atoms with Crippen molar-refractivity contribution < 1.29 is 9.47 Å². The first kappa shape index (κ1) is 10.9. The molecule has 1 fully saturated rings. The standard InChI is InChI=1S/C9H10Cl2N2O2/c10-7-4-8(11)13-9(12-7)15-5-6-2-1-3-14-6/h4,6H,1-3,5H2/t6-/m0/s1. The van der Waals surface area contributed by atoms with Crippen LogP contribution in [0.2, 0.25) is 10.3 Å². The Hall–Kier alpha value is -0.580. The fraction of sp³-hybridized carbons (Fsp3) is 0.556. The van der Waals surface area contributed by atoms with Crippen LogP contribution in [0, 0.1) is 0 Å². The zero-order valence-corrected chi connectivity index (χ0v) is 9.46. The van der Waals surface area contributed by atoms with Crippen LogP contribution >= 0.6 is 23.2 Å². The molecule has 0 bridgehead atoms. The zero-order chi connectivity index (χ0) is 10.7. The van der Waals surface area contributed by atoms with Crippen LogP contribution in [0.5, 0.6) is 6.01 Å². The molecule has 0 aliphatic carbocycles. The quantitative estimate of drug-likeness (QED) is 0.771. The number of rotatable bonds is 3. The molecular formula is C9H10Cl2N2O2. The maximum absolute atomic E-state index is 5.70. The molecule has 1 saturated heterocycles. The van der Waals surface area contributed by atoms with Gasteiger partial charge in [0.25, 0.3) is 0 Å². The highest BCUT2D eigenvalue weighted by atomic mass is 35.5. The maximum atomic E-state index is 5.70. The lowest BCUT2D eigenvalue weighted by Crippen LogP contribution is -2.17. The summed E-state index contributed by atoms with van der Waals surface area (Å²) in [6.45, 7) is 1.24. The Morgan fingerprint density at radius 1 is 1.40 bits per heavy atom. The molecule has 4 nitrogen and oxygen atoms in total. The first-order valence-electron chi connectivity index (χ1n) is 4.68. The Bertz CT molecular complexity index is 323. The number of hydrogen-bond donors (Lipinski definition) is 0. The van der Waals surface area contributed by atoms with E-state index in [2.05, 4.69) is 9.97 Å². The second-order valence-electron chi connectivity index (χ2n) is 3.24. The van der Waals surface area contributed by atoms with Crippen LogP contribution < -0.4 is 4.74 Å². The van der Waals surface area contributed by atoms with Gasteiger partial charge >= 0.3 is 6.01 Å². The number of nitrogens with zero attached hydrogens (tertiary/aromatic N) is 2. The molecule has 0 spiro atoms. The molecule has 1 aliphatic heterocycles. The normalized spacial score (nSPS) is 20.5. The Kier molecular flexibility index (Phi) is 3.61. The Morgan fingerprint density at radius 2 is 2.13 bits per heavy atom. The van der Waals surface area contributed by atoms with E-state index in [4.69, 9.17) is 32.7 Å². The van der Waals surface area contributed by atoms with Crippen molar-refractivity contribution in [3.63, 3.8) is 0 Å². The summed E-state index contributed by atoms with van der Waals surface area (Å²) in [7, 11) is 0.